The van der Waals surface area contributed by atoms with Crippen molar-refractivity contribution in [1.29, 1.82) is 0 Å². The van der Waals surface area contributed by atoms with Crippen molar-refractivity contribution in [2.45, 2.75) is 19.9 Å². The lowest BCUT2D eigenvalue weighted by molar-refractivity contribution is 0.619. The van der Waals surface area contributed by atoms with Gasteiger partial charge in [-0.05, 0) is 42.9 Å². The van der Waals surface area contributed by atoms with Gasteiger partial charge in [0.25, 0.3) is 0 Å². The average molecular weight is 290 g/mol. The van der Waals surface area contributed by atoms with E-state index in [1.165, 1.54) is 6.07 Å². The van der Waals surface area contributed by atoms with Crippen molar-refractivity contribution in [1.82, 2.24) is 19.3 Å². The van der Waals surface area contributed by atoms with Crippen LogP contribution >= 0.6 is 12.2 Å². The summed E-state index contributed by atoms with van der Waals surface area (Å²) in [6, 6.07) is 5.32. The SMILES string of the molecule is Cc1cc2c(cc1F)[nH]c(=S)n2CCc1ccn(C)n1. The predicted octanol–water partition coefficient (Wildman–Crippen LogP) is 3.12. The van der Waals surface area contributed by atoms with Gasteiger partial charge in [0, 0.05) is 26.2 Å². The van der Waals surface area contributed by atoms with Crippen LogP contribution in [0.3, 0.4) is 0 Å². The second-order valence-electron chi connectivity index (χ2n) is 4.93. The number of H-pyrrole nitrogens is 1. The normalized spacial score (nSPS) is 11.3. The van der Waals surface area contributed by atoms with Crippen LogP contribution in [-0.4, -0.2) is 19.3 Å². The van der Waals surface area contributed by atoms with E-state index in [1.54, 1.807) is 11.6 Å². The molecule has 3 rings (SSSR count). The predicted molar refractivity (Wildman–Crippen MR) is 78.7 cm³/mol. The quantitative estimate of drug-likeness (QED) is 0.753. The lowest BCUT2D eigenvalue weighted by atomic mass is 10.2. The Bertz CT molecular complexity index is 827. The van der Waals surface area contributed by atoms with Crippen LogP contribution in [0.1, 0.15) is 11.3 Å². The van der Waals surface area contributed by atoms with Gasteiger partial charge >= 0.3 is 0 Å². The Kier molecular flexibility index (Phi) is 3.17. The third kappa shape index (κ3) is 2.27. The number of aryl methyl sites for hydroxylation is 4. The molecule has 20 heavy (non-hydrogen) atoms. The summed E-state index contributed by atoms with van der Waals surface area (Å²) in [6.07, 6.45) is 2.71. The number of fused-ring (bicyclic) bond motifs is 1. The minimum absolute atomic E-state index is 0.217. The van der Waals surface area contributed by atoms with Crippen molar-refractivity contribution in [2.75, 3.05) is 0 Å². The summed E-state index contributed by atoms with van der Waals surface area (Å²) in [5.74, 6) is -0.217. The molecule has 0 atom stereocenters. The van der Waals surface area contributed by atoms with E-state index >= 15 is 0 Å². The number of halogens is 1. The van der Waals surface area contributed by atoms with Crippen LogP contribution in [0.2, 0.25) is 0 Å². The number of hydrogen-bond donors (Lipinski definition) is 1. The van der Waals surface area contributed by atoms with E-state index < -0.39 is 0 Å². The Morgan fingerprint density at radius 1 is 1.40 bits per heavy atom. The second-order valence-corrected chi connectivity index (χ2v) is 5.32. The molecular formula is C14H15FN4S. The first-order valence-corrected chi connectivity index (χ1v) is 6.82. The Morgan fingerprint density at radius 2 is 2.20 bits per heavy atom. The smallest absolute Gasteiger partial charge is 0.178 e. The van der Waals surface area contributed by atoms with E-state index in [-0.39, 0.29) is 5.82 Å². The van der Waals surface area contributed by atoms with Crippen LogP contribution in [0.25, 0.3) is 11.0 Å². The van der Waals surface area contributed by atoms with E-state index in [4.69, 9.17) is 12.2 Å². The molecule has 0 aliphatic heterocycles. The molecule has 0 saturated heterocycles. The number of rotatable bonds is 3. The maximum Gasteiger partial charge on any atom is 0.178 e. The molecule has 0 fully saturated rings. The fourth-order valence-electron chi connectivity index (χ4n) is 2.33. The van der Waals surface area contributed by atoms with Gasteiger partial charge in [0.05, 0.1) is 16.7 Å². The molecule has 2 aromatic heterocycles. The third-order valence-electron chi connectivity index (χ3n) is 3.41. The maximum absolute atomic E-state index is 13.6. The number of aromatic nitrogens is 4. The van der Waals surface area contributed by atoms with Gasteiger partial charge in [0.15, 0.2) is 4.77 Å². The van der Waals surface area contributed by atoms with Gasteiger partial charge in [0.1, 0.15) is 5.82 Å². The number of nitrogens with one attached hydrogen (secondary N) is 1. The van der Waals surface area contributed by atoms with Gasteiger partial charge in [-0.1, -0.05) is 0 Å². The van der Waals surface area contributed by atoms with Gasteiger partial charge < -0.3 is 9.55 Å². The average Bonchev–Trinajstić information content (AvgIpc) is 2.92. The van der Waals surface area contributed by atoms with E-state index in [1.807, 2.05) is 29.9 Å². The lowest BCUT2D eigenvalue weighted by Crippen LogP contribution is -2.02. The molecule has 2 heterocycles. The standard InChI is InChI=1S/C14H15FN4S/c1-9-7-13-12(8-11(9)15)16-14(20)19(13)6-4-10-3-5-18(2)17-10/h3,5,7-8H,4,6H2,1-2H3,(H,16,20). The lowest BCUT2D eigenvalue weighted by Gasteiger charge is -2.04. The number of aromatic amines is 1. The first-order chi connectivity index (χ1) is 9.54. The minimum atomic E-state index is -0.217. The fourth-order valence-corrected chi connectivity index (χ4v) is 2.63. The number of benzene rings is 1. The number of nitrogens with zero attached hydrogens (tertiary/aromatic N) is 3. The zero-order valence-corrected chi connectivity index (χ0v) is 12.2. The van der Waals surface area contributed by atoms with Crippen molar-refractivity contribution in [3.63, 3.8) is 0 Å². The summed E-state index contributed by atoms with van der Waals surface area (Å²) in [4.78, 5) is 3.05. The van der Waals surface area contributed by atoms with Crippen molar-refractivity contribution in [3.8, 4) is 0 Å². The topological polar surface area (TPSA) is 38.5 Å². The van der Waals surface area contributed by atoms with Crippen LogP contribution in [0.15, 0.2) is 24.4 Å². The van der Waals surface area contributed by atoms with E-state index in [2.05, 4.69) is 10.1 Å². The highest BCUT2D eigenvalue weighted by atomic mass is 32.1. The first kappa shape index (κ1) is 13.1. The zero-order chi connectivity index (χ0) is 14.3. The fraction of sp³-hybridized carbons (Fsp3) is 0.286. The highest BCUT2D eigenvalue weighted by Gasteiger charge is 2.08. The van der Waals surface area contributed by atoms with Crippen molar-refractivity contribution in [2.24, 2.45) is 7.05 Å². The second kappa shape index (κ2) is 4.86. The molecular weight excluding hydrogens is 275 g/mol. The number of imidazole rings is 1. The summed E-state index contributed by atoms with van der Waals surface area (Å²) in [5, 5.41) is 4.35. The maximum atomic E-state index is 13.6. The molecule has 0 aliphatic carbocycles. The molecule has 104 valence electrons. The third-order valence-corrected chi connectivity index (χ3v) is 3.74. The van der Waals surface area contributed by atoms with Crippen LogP contribution < -0.4 is 0 Å². The summed E-state index contributed by atoms with van der Waals surface area (Å²) in [5.41, 5.74) is 3.31. The van der Waals surface area contributed by atoms with Crippen LogP contribution in [0.5, 0.6) is 0 Å². The molecule has 0 aliphatic rings. The largest absolute Gasteiger partial charge is 0.330 e. The molecule has 0 amide bonds. The van der Waals surface area contributed by atoms with Gasteiger partial charge in [-0.15, -0.1) is 0 Å². The van der Waals surface area contributed by atoms with E-state index in [0.29, 0.717) is 10.3 Å². The summed E-state index contributed by atoms with van der Waals surface area (Å²) in [6.45, 7) is 2.48. The minimum Gasteiger partial charge on any atom is -0.330 e. The molecule has 1 aromatic carbocycles. The van der Waals surface area contributed by atoms with Crippen LogP contribution in [0, 0.1) is 17.5 Å². The van der Waals surface area contributed by atoms with Crippen molar-refractivity contribution < 1.29 is 4.39 Å². The summed E-state index contributed by atoms with van der Waals surface area (Å²) >= 11 is 5.32. The van der Waals surface area contributed by atoms with Crippen LogP contribution in [-0.2, 0) is 20.0 Å². The Morgan fingerprint density at radius 3 is 2.90 bits per heavy atom. The molecule has 3 aromatic rings. The Labute approximate surface area is 120 Å². The van der Waals surface area contributed by atoms with Gasteiger partial charge in [-0.2, -0.15) is 5.10 Å². The molecule has 0 spiro atoms. The van der Waals surface area contributed by atoms with Gasteiger partial charge in [-0.25, -0.2) is 4.39 Å². The van der Waals surface area contributed by atoms with E-state index in [9.17, 15) is 4.39 Å². The number of hydrogen-bond acceptors (Lipinski definition) is 2. The zero-order valence-electron chi connectivity index (χ0n) is 11.4. The molecule has 0 radical (unpaired) electrons. The molecule has 1 N–H and O–H groups in total. The highest BCUT2D eigenvalue weighted by Crippen LogP contribution is 2.19. The van der Waals surface area contributed by atoms with E-state index in [0.717, 1.165) is 29.7 Å². The molecule has 6 heteroatoms. The molecule has 0 saturated carbocycles. The summed E-state index contributed by atoms with van der Waals surface area (Å²) in [7, 11) is 1.90. The first-order valence-electron chi connectivity index (χ1n) is 6.42. The Balaban J connectivity index is 1.96. The van der Waals surface area contributed by atoms with Gasteiger partial charge in [-0.3, -0.25) is 4.68 Å². The highest BCUT2D eigenvalue weighted by molar-refractivity contribution is 7.71. The monoisotopic (exact) mass is 290 g/mol. The molecule has 0 bridgehead atoms. The Hall–Kier alpha value is -1.95. The van der Waals surface area contributed by atoms with Crippen LogP contribution in [0.4, 0.5) is 4.39 Å². The van der Waals surface area contributed by atoms with Crippen molar-refractivity contribution in [3.05, 3.63) is 46.2 Å². The van der Waals surface area contributed by atoms with Gasteiger partial charge in [0.2, 0.25) is 0 Å². The molecule has 0 unspecified atom stereocenters. The summed E-state index contributed by atoms with van der Waals surface area (Å²) < 4.78 is 18.0. The van der Waals surface area contributed by atoms with Crippen molar-refractivity contribution >= 4 is 23.3 Å². The molecule has 4 nitrogen and oxygen atoms in total.